The molecule has 0 aliphatic carbocycles. The molecule has 0 N–H and O–H groups in total. The van der Waals surface area contributed by atoms with Crippen molar-refractivity contribution in [2.24, 2.45) is 0 Å². The molecule has 0 atom stereocenters. The van der Waals surface area contributed by atoms with E-state index in [2.05, 4.69) is 47.4 Å². The smallest absolute Gasteiger partial charge is 0.350 e. The fourth-order valence-corrected chi connectivity index (χ4v) is 3.82. The first-order valence-corrected chi connectivity index (χ1v) is 11.6. The Morgan fingerprint density at radius 2 is 1.48 bits per heavy atom. The van der Waals surface area contributed by atoms with Crippen LogP contribution in [0.3, 0.4) is 0 Å². The van der Waals surface area contributed by atoms with Gasteiger partial charge >= 0.3 is 5.97 Å². The highest BCUT2D eigenvalue weighted by Gasteiger charge is 2.16. The number of unbranched alkanes of at least 4 members (excludes halogenated alkanes) is 5. The molecule has 0 heterocycles. The molecular weight excluding hydrogens is 452 g/mol. The van der Waals surface area contributed by atoms with Crippen molar-refractivity contribution in [2.75, 3.05) is 6.61 Å². The van der Waals surface area contributed by atoms with Crippen LogP contribution in [0.2, 0.25) is 0 Å². The van der Waals surface area contributed by atoms with Crippen molar-refractivity contribution in [2.45, 2.75) is 45.4 Å². The van der Waals surface area contributed by atoms with E-state index in [0.29, 0.717) is 12.2 Å². The summed E-state index contributed by atoms with van der Waals surface area (Å²) in [6, 6.07) is 23.9. The lowest BCUT2D eigenvalue weighted by molar-refractivity contribution is 0.0782. The van der Waals surface area contributed by atoms with Crippen LogP contribution in [0.4, 0.5) is 0 Å². The van der Waals surface area contributed by atoms with E-state index in [9.17, 15) is 4.79 Å². The lowest BCUT2D eigenvalue weighted by Gasteiger charge is -2.13. The van der Waals surface area contributed by atoms with Crippen LogP contribution in [0.1, 0.15) is 55.8 Å². The molecule has 0 aliphatic rings. The minimum absolute atomic E-state index is 0.428. The van der Waals surface area contributed by atoms with Gasteiger partial charge in [0, 0.05) is 0 Å². The number of carbonyl (C=O) groups excluding carboxylic acids is 1. The second-order valence-electron chi connectivity index (χ2n) is 7.64. The molecule has 0 radical (unpaired) electrons. The average Bonchev–Trinajstić information content (AvgIpc) is 2.83. The Balaban J connectivity index is 1.79. The van der Waals surface area contributed by atoms with E-state index in [0.717, 1.165) is 34.4 Å². The molecule has 3 aromatic carbocycles. The molecule has 0 aliphatic heterocycles. The van der Waals surface area contributed by atoms with Gasteiger partial charge < -0.3 is 8.57 Å². The molecule has 0 fully saturated rings. The Kier molecular flexibility index (Phi) is 9.16. The van der Waals surface area contributed by atoms with E-state index in [1.807, 2.05) is 42.5 Å². The number of benzene rings is 3. The standard InChI is InChI=1S/C27H29BrO3/c1-2-3-4-5-6-10-18-30-24-16-17-25(27(29)31-28)26(20-24)23-15-11-14-22(19-23)21-12-8-7-9-13-21/h7-9,11-17,19-20H,2-6,10,18H2,1H3. The normalized spacial score (nSPS) is 10.6. The van der Waals surface area contributed by atoms with Crippen LogP contribution >= 0.6 is 16.3 Å². The Labute approximate surface area is 193 Å². The average molecular weight is 481 g/mol. The van der Waals surface area contributed by atoms with E-state index in [-0.39, 0.29) is 0 Å². The van der Waals surface area contributed by atoms with Crippen LogP contribution in [0, 0.1) is 0 Å². The highest BCUT2D eigenvalue weighted by molar-refractivity contribution is 9.06. The summed E-state index contributed by atoms with van der Waals surface area (Å²) in [5.74, 6) is 0.336. The summed E-state index contributed by atoms with van der Waals surface area (Å²) in [7, 11) is 0. The Morgan fingerprint density at radius 1 is 0.774 bits per heavy atom. The van der Waals surface area contributed by atoms with Crippen molar-refractivity contribution in [1.29, 1.82) is 0 Å². The molecule has 162 valence electrons. The number of hydrogen-bond donors (Lipinski definition) is 0. The molecular formula is C27H29BrO3. The number of carbonyl (C=O) groups is 1. The van der Waals surface area contributed by atoms with Gasteiger partial charge in [0.2, 0.25) is 0 Å². The summed E-state index contributed by atoms with van der Waals surface area (Å²) in [5, 5.41) is 0. The quantitative estimate of drug-likeness (QED) is 0.259. The van der Waals surface area contributed by atoms with Gasteiger partial charge in [0.1, 0.15) is 5.75 Å². The summed E-state index contributed by atoms with van der Waals surface area (Å²) in [5.41, 5.74) is 4.45. The Bertz CT molecular complexity index is 969. The van der Waals surface area contributed by atoms with Crippen molar-refractivity contribution in [3.8, 4) is 28.0 Å². The summed E-state index contributed by atoms with van der Waals surface area (Å²) in [6.07, 6.45) is 7.32. The molecule has 3 rings (SSSR count). The monoisotopic (exact) mass is 480 g/mol. The third-order valence-electron chi connectivity index (χ3n) is 5.33. The molecule has 0 unspecified atom stereocenters. The minimum Gasteiger partial charge on any atom is -0.494 e. The third-order valence-corrected chi connectivity index (χ3v) is 5.62. The van der Waals surface area contributed by atoms with Gasteiger partial charge in [-0.1, -0.05) is 87.6 Å². The molecule has 0 saturated carbocycles. The molecule has 3 nitrogen and oxygen atoms in total. The molecule has 4 heteroatoms. The lowest BCUT2D eigenvalue weighted by atomic mass is 9.95. The molecule has 0 spiro atoms. The maximum absolute atomic E-state index is 12.3. The van der Waals surface area contributed by atoms with E-state index in [4.69, 9.17) is 8.57 Å². The molecule has 31 heavy (non-hydrogen) atoms. The molecule has 0 bridgehead atoms. The van der Waals surface area contributed by atoms with E-state index in [1.54, 1.807) is 6.07 Å². The van der Waals surface area contributed by atoms with E-state index in [1.165, 1.54) is 32.1 Å². The van der Waals surface area contributed by atoms with Gasteiger partial charge in [0.25, 0.3) is 0 Å². The number of halogens is 1. The number of ether oxygens (including phenoxy) is 1. The minimum atomic E-state index is -0.428. The number of rotatable bonds is 11. The van der Waals surface area contributed by atoms with E-state index >= 15 is 0 Å². The second-order valence-corrected chi connectivity index (χ2v) is 7.96. The highest BCUT2D eigenvalue weighted by atomic mass is 79.9. The van der Waals surface area contributed by atoms with Crippen molar-refractivity contribution in [3.05, 3.63) is 78.4 Å². The summed E-state index contributed by atoms with van der Waals surface area (Å²) >= 11 is 2.82. The fraction of sp³-hybridized carbons (Fsp3) is 0.296. The molecule has 0 amide bonds. The SMILES string of the molecule is CCCCCCCCOc1ccc(C(=O)OBr)c(-c2cccc(-c3ccccc3)c2)c1. The fourth-order valence-electron chi connectivity index (χ4n) is 3.64. The van der Waals surface area contributed by atoms with Gasteiger partial charge in [-0.3, -0.25) is 0 Å². The lowest BCUT2D eigenvalue weighted by Crippen LogP contribution is -2.03. The predicted octanol–water partition coefficient (Wildman–Crippen LogP) is 8.23. The van der Waals surface area contributed by atoms with Crippen molar-refractivity contribution in [3.63, 3.8) is 0 Å². The first-order chi connectivity index (χ1) is 15.2. The predicted molar refractivity (Wildman–Crippen MR) is 131 cm³/mol. The summed E-state index contributed by atoms with van der Waals surface area (Å²) < 4.78 is 10.8. The van der Waals surface area contributed by atoms with E-state index < -0.39 is 5.97 Å². The number of hydrogen-bond acceptors (Lipinski definition) is 3. The maximum atomic E-state index is 12.3. The summed E-state index contributed by atoms with van der Waals surface area (Å²) in [4.78, 5) is 12.3. The van der Waals surface area contributed by atoms with Crippen LogP contribution in [0.15, 0.2) is 72.8 Å². The van der Waals surface area contributed by atoms with Gasteiger partial charge in [0.05, 0.1) is 12.2 Å². The Hall–Kier alpha value is -2.59. The van der Waals surface area contributed by atoms with Crippen molar-refractivity contribution >= 4 is 22.2 Å². The van der Waals surface area contributed by atoms with Crippen molar-refractivity contribution < 1.29 is 13.4 Å². The maximum Gasteiger partial charge on any atom is 0.350 e. The highest BCUT2D eigenvalue weighted by Crippen LogP contribution is 2.32. The van der Waals surface area contributed by atoms with Crippen LogP contribution in [0.5, 0.6) is 5.75 Å². The zero-order valence-electron chi connectivity index (χ0n) is 18.0. The van der Waals surface area contributed by atoms with Crippen LogP contribution in [-0.4, -0.2) is 12.6 Å². The van der Waals surface area contributed by atoms with Gasteiger partial charge in [-0.2, -0.15) is 0 Å². The van der Waals surface area contributed by atoms with Crippen LogP contribution in [-0.2, 0) is 3.83 Å². The van der Waals surface area contributed by atoms with Crippen LogP contribution in [0.25, 0.3) is 22.3 Å². The first-order valence-electron chi connectivity index (χ1n) is 11.0. The van der Waals surface area contributed by atoms with Gasteiger partial charge in [0.15, 0.2) is 16.3 Å². The molecule has 0 saturated heterocycles. The third kappa shape index (κ3) is 6.70. The van der Waals surface area contributed by atoms with Gasteiger partial charge in [-0.15, -0.1) is 0 Å². The zero-order valence-corrected chi connectivity index (χ0v) is 19.6. The first kappa shape index (κ1) is 23.1. The van der Waals surface area contributed by atoms with Gasteiger partial charge in [-0.25, -0.2) is 4.79 Å². The topological polar surface area (TPSA) is 35.5 Å². The largest absolute Gasteiger partial charge is 0.494 e. The summed E-state index contributed by atoms with van der Waals surface area (Å²) in [6.45, 7) is 2.91. The Morgan fingerprint density at radius 3 is 2.26 bits per heavy atom. The van der Waals surface area contributed by atoms with Crippen LogP contribution < -0.4 is 4.74 Å². The molecule has 0 aromatic heterocycles. The van der Waals surface area contributed by atoms with Crippen molar-refractivity contribution in [1.82, 2.24) is 0 Å². The van der Waals surface area contributed by atoms with Gasteiger partial charge in [-0.05, 0) is 52.9 Å². The molecule has 3 aromatic rings. The zero-order chi connectivity index (χ0) is 21.9. The second kappa shape index (κ2) is 12.3.